The number of hydrogen-bond donors (Lipinski definition) is 2. The second kappa shape index (κ2) is 6.83. The maximum atomic E-state index is 12.1. The highest BCUT2D eigenvalue weighted by molar-refractivity contribution is 5.99. The quantitative estimate of drug-likeness (QED) is 0.612. The van der Waals surface area contributed by atoms with Crippen molar-refractivity contribution in [1.29, 1.82) is 0 Å². The van der Waals surface area contributed by atoms with Crippen LogP contribution in [0.4, 0.5) is 11.5 Å². The fraction of sp³-hybridized carbons (Fsp3) is 0.538. The number of nitrogens with two attached hydrogens (primary N) is 1. The van der Waals surface area contributed by atoms with E-state index in [1.165, 1.54) is 0 Å². The maximum Gasteiger partial charge on any atom is 0.288 e. The molecule has 0 aliphatic rings. The summed E-state index contributed by atoms with van der Waals surface area (Å²) in [5.41, 5.74) is 5.39. The van der Waals surface area contributed by atoms with E-state index in [9.17, 15) is 14.9 Å². The Hall–Kier alpha value is -2.18. The number of aromatic nitrogens is 1. The predicted octanol–water partition coefficient (Wildman–Crippen LogP) is 2.13. The molecule has 0 radical (unpaired) electrons. The number of nitrogens with zero attached hydrogens (tertiary/aromatic N) is 2. The van der Waals surface area contributed by atoms with Crippen molar-refractivity contribution in [2.75, 3.05) is 5.73 Å². The van der Waals surface area contributed by atoms with Crippen LogP contribution in [0.25, 0.3) is 0 Å². The number of rotatable bonds is 6. The topological polar surface area (TPSA) is 111 Å². The van der Waals surface area contributed by atoms with Gasteiger partial charge in [-0.2, -0.15) is 0 Å². The highest BCUT2D eigenvalue weighted by Gasteiger charge is 2.18. The Labute approximate surface area is 117 Å². The molecule has 20 heavy (non-hydrogen) atoms. The van der Waals surface area contributed by atoms with Gasteiger partial charge in [0.1, 0.15) is 12.0 Å². The van der Waals surface area contributed by atoms with Gasteiger partial charge in [0.2, 0.25) is 0 Å². The zero-order valence-electron chi connectivity index (χ0n) is 11.9. The second-order valence-corrected chi connectivity index (χ2v) is 5.01. The van der Waals surface area contributed by atoms with Crippen LogP contribution >= 0.6 is 0 Å². The molecule has 1 heterocycles. The van der Waals surface area contributed by atoms with E-state index >= 15 is 0 Å². The van der Waals surface area contributed by atoms with Crippen molar-refractivity contribution in [2.24, 2.45) is 5.92 Å². The standard InChI is InChI=1S/C13H20N4O3/c1-4-8(2)5-9(3)16-13(18)11-6-10(17(19)20)7-15-12(11)14/h6-9H,4-5H2,1-3H3,(H2,14,15)(H,16,18). The molecule has 3 N–H and O–H groups in total. The summed E-state index contributed by atoms with van der Waals surface area (Å²) in [6.45, 7) is 6.08. The van der Waals surface area contributed by atoms with Gasteiger partial charge in [-0.3, -0.25) is 14.9 Å². The smallest absolute Gasteiger partial charge is 0.288 e. The Morgan fingerprint density at radius 2 is 2.20 bits per heavy atom. The third-order valence-electron chi connectivity index (χ3n) is 3.19. The number of pyridine rings is 1. The Kier molecular flexibility index (Phi) is 5.42. The first-order valence-electron chi connectivity index (χ1n) is 6.55. The summed E-state index contributed by atoms with van der Waals surface area (Å²) in [6, 6.07) is 1.12. The van der Waals surface area contributed by atoms with Crippen LogP contribution in [0, 0.1) is 16.0 Å². The van der Waals surface area contributed by atoms with E-state index in [-0.39, 0.29) is 23.1 Å². The molecular formula is C13H20N4O3. The number of nitrogen functional groups attached to an aromatic ring is 1. The highest BCUT2D eigenvalue weighted by Crippen LogP contribution is 2.17. The van der Waals surface area contributed by atoms with Crippen molar-refractivity contribution in [3.63, 3.8) is 0 Å². The number of nitrogens with one attached hydrogen (secondary N) is 1. The molecule has 1 rings (SSSR count). The van der Waals surface area contributed by atoms with Gasteiger partial charge < -0.3 is 11.1 Å². The largest absolute Gasteiger partial charge is 0.383 e. The lowest BCUT2D eigenvalue weighted by Gasteiger charge is -2.17. The Morgan fingerprint density at radius 1 is 1.55 bits per heavy atom. The van der Waals surface area contributed by atoms with Crippen LogP contribution in [0.1, 0.15) is 44.0 Å². The van der Waals surface area contributed by atoms with Crippen LogP contribution in [0.15, 0.2) is 12.3 Å². The molecule has 1 aromatic rings. The summed E-state index contributed by atoms with van der Waals surface area (Å²) < 4.78 is 0. The molecule has 0 aromatic carbocycles. The average molecular weight is 280 g/mol. The fourth-order valence-electron chi connectivity index (χ4n) is 1.88. The van der Waals surface area contributed by atoms with Crippen LogP contribution in [0.3, 0.4) is 0 Å². The summed E-state index contributed by atoms with van der Waals surface area (Å²) in [5.74, 6) is 0.0456. The first kappa shape index (κ1) is 15.9. The van der Waals surface area contributed by atoms with Crippen LogP contribution in [-0.2, 0) is 0 Å². The Morgan fingerprint density at radius 3 is 2.75 bits per heavy atom. The lowest BCUT2D eigenvalue weighted by atomic mass is 10.0. The Bertz CT molecular complexity index is 504. The lowest BCUT2D eigenvalue weighted by molar-refractivity contribution is -0.385. The molecule has 0 aliphatic heterocycles. The van der Waals surface area contributed by atoms with Crippen molar-refractivity contribution in [2.45, 2.75) is 39.7 Å². The van der Waals surface area contributed by atoms with E-state index in [0.29, 0.717) is 5.92 Å². The minimum absolute atomic E-state index is 0.0103. The number of carbonyl (C=O) groups excluding carboxylic acids is 1. The predicted molar refractivity (Wildman–Crippen MR) is 76.3 cm³/mol. The van der Waals surface area contributed by atoms with Gasteiger partial charge in [0.15, 0.2) is 0 Å². The zero-order valence-corrected chi connectivity index (χ0v) is 11.9. The van der Waals surface area contributed by atoms with Gasteiger partial charge in [0.25, 0.3) is 11.6 Å². The van der Waals surface area contributed by atoms with Crippen LogP contribution in [0.2, 0.25) is 0 Å². The van der Waals surface area contributed by atoms with Gasteiger partial charge in [-0.1, -0.05) is 20.3 Å². The number of amides is 1. The van der Waals surface area contributed by atoms with Crippen molar-refractivity contribution < 1.29 is 9.72 Å². The molecule has 0 fully saturated rings. The molecule has 7 nitrogen and oxygen atoms in total. The first-order chi connectivity index (χ1) is 9.35. The number of carbonyl (C=O) groups is 1. The SMILES string of the molecule is CCC(C)CC(C)NC(=O)c1cc([N+](=O)[O-])cnc1N. The van der Waals surface area contributed by atoms with Gasteiger partial charge in [-0.15, -0.1) is 0 Å². The zero-order chi connectivity index (χ0) is 15.3. The lowest BCUT2D eigenvalue weighted by Crippen LogP contribution is -2.34. The maximum absolute atomic E-state index is 12.1. The molecule has 2 atom stereocenters. The molecular weight excluding hydrogens is 260 g/mol. The van der Waals surface area contributed by atoms with Gasteiger partial charge in [-0.05, 0) is 19.3 Å². The van der Waals surface area contributed by atoms with Gasteiger partial charge in [-0.25, -0.2) is 4.98 Å². The molecule has 7 heteroatoms. The van der Waals surface area contributed by atoms with E-state index in [1.54, 1.807) is 0 Å². The second-order valence-electron chi connectivity index (χ2n) is 5.01. The number of nitro groups is 1. The van der Waals surface area contributed by atoms with Crippen molar-refractivity contribution in [3.05, 3.63) is 27.9 Å². The van der Waals surface area contributed by atoms with E-state index in [2.05, 4.69) is 24.1 Å². The summed E-state index contributed by atoms with van der Waals surface area (Å²) in [6.07, 6.45) is 2.90. The van der Waals surface area contributed by atoms with E-state index in [4.69, 9.17) is 5.73 Å². The molecule has 110 valence electrons. The minimum Gasteiger partial charge on any atom is -0.383 e. The Balaban J connectivity index is 2.81. The third-order valence-corrected chi connectivity index (χ3v) is 3.19. The summed E-state index contributed by atoms with van der Waals surface area (Å²) in [4.78, 5) is 25.8. The molecule has 0 spiro atoms. The monoisotopic (exact) mass is 280 g/mol. The number of anilines is 1. The fourth-order valence-corrected chi connectivity index (χ4v) is 1.88. The molecule has 0 aliphatic carbocycles. The van der Waals surface area contributed by atoms with E-state index < -0.39 is 10.8 Å². The molecule has 0 saturated heterocycles. The molecule has 0 bridgehead atoms. The molecule has 1 amide bonds. The van der Waals surface area contributed by atoms with Crippen LogP contribution in [0.5, 0.6) is 0 Å². The van der Waals surface area contributed by atoms with E-state index in [1.807, 2.05) is 6.92 Å². The van der Waals surface area contributed by atoms with E-state index in [0.717, 1.165) is 25.1 Å². The molecule has 1 aromatic heterocycles. The van der Waals surface area contributed by atoms with Crippen molar-refractivity contribution >= 4 is 17.4 Å². The minimum atomic E-state index is -0.605. The first-order valence-corrected chi connectivity index (χ1v) is 6.55. The third kappa shape index (κ3) is 4.18. The van der Waals surface area contributed by atoms with Crippen LogP contribution in [-0.4, -0.2) is 21.9 Å². The normalized spacial score (nSPS) is 13.6. The molecule has 0 saturated carbocycles. The molecule has 2 unspecified atom stereocenters. The summed E-state index contributed by atoms with van der Waals surface area (Å²) in [5, 5.41) is 13.5. The van der Waals surface area contributed by atoms with Crippen molar-refractivity contribution in [1.82, 2.24) is 10.3 Å². The summed E-state index contributed by atoms with van der Waals surface area (Å²) in [7, 11) is 0. The van der Waals surface area contributed by atoms with Gasteiger partial charge in [0, 0.05) is 12.1 Å². The van der Waals surface area contributed by atoms with Crippen molar-refractivity contribution in [3.8, 4) is 0 Å². The van der Waals surface area contributed by atoms with Gasteiger partial charge in [0.05, 0.1) is 10.5 Å². The van der Waals surface area contributed by atoms with Gasteiger partial charge >= 0.3 is 0 Å². The number of hydrogen-bond acceptors (Lipinski definition) is 5. The summed E-state index contributed by atoms with van der Waals surface area (Å²) >= 11 is 0. The average Bonchev–Trinajstić information content (AvgIpc) is 2.38. The van der Waals surface area contributed by atoms with Crippen LogP contribution < -0.4 is 11.1 Å². The highest BCUT2D eigenvalue weighted by atomic mass is 16.6.